The fraction of sp³-hybridized carbons (Fsp3) is 0.316. The van der Waals surface area contributed by atoms with Crippen molar-refractivity contribution < 1.29 is 9.18 Å². The molecule has 130 valence electrons. The minimum atomic E-state index is -0.358. The van der Waals surface area contributed by atoms with Crippen molar-refractivity contribution in [2.75, 3.05) is 18.0 Å². The summed E-state index contributed by atoms with van der Waals surface area (Å²) in [5.74, 6) is 0.825. The summed E-state index contributed by atoms with van der Waals surface area (Å²) in [5, 5.41) is 2.74. The molecule has 0 unspecified atom stereocenters. The van der Waals surface area contributed by atoms with Crippen molar-refractivity contribution >= 4 is 17.8 Å². The van der Waals surface area contributed by atoms with Crippen LogP contribution in [0.1, 0.15) is 29.9 Å². The van der Waals surface area contributed by atoms with Crippen molar-refractivity contribution in [2.45, 2.75) is 26.3 Å². The standard InChI is InChI=1S/C19H21FN4O/c1-14-12-18(24-10-4-5-11-24)23-17(22-14)13-21-19(25)9-8-15-6-2-3-7-16(15)20/h2-3,6-9,12H,4-5,10-11,13H2,1H3,(H,21,25)/b9-8+. The Morgan fingerprint density at radius 2 is 2.04 bits per heavy atom. The summed E-state index contributed by atoms with van der Waals surface area (Å²) < 4.78 is 13.5. The Morgan fingerprint density at radius 3 is 2.80 bits per heavy atom. The number of halogens is 1. The molecule has 1 saturated heterocycles. The second-order valence-electron chi connectivity index (χ2n) is 6.05. The topological polar surface area (TPSA) is 58.1 Å². The number of benzene rings is 1. The molecule has 0 aliphatic carbocycles. The lowest BCUT2D eigenvalue weighted by Crippen LogP contribution is -2.24. The number of aromatic nitrogens is 2. The molecule has 1 aliphatic rings. The number of aryl methyl sites for hydroxylation is 1. The van der Waals surface area contributed by atoms with Crippen LogP contribution >= 0.6 is 0 Å². The Labute approximate surface area is 146 Å². The summed E-state index contributed by atoms with van der Waals surface area (Å²) in [6.45, 7) is 4.18. The van der Waals surface area contributed by atoms with Gasteiger partial charge in [0, 0.05) is 36.5 Å². The van der Waals surface area contributed by atoms with E-state index in [0.717, 1.165) is 24.6 Å². The van der Waals surface area contributed by atoms with Crippen LogP contribution in [0.4, 0.5) is 10.2 Å². The van der Waals surface area contributed by atoms with Crippen molar-refractivity contribution in [3.63, 3.8) is 0 Å². The van der Waals surface area contributed by atoms with E-state index < -0.39 is 0 Å². The molecular weight excluding hydrogens is 319 g/mol. The molecule has 2 heterocycles. The summed E-state index contributed by atoms with van der Waals surface area (Å²) in [5.41, 5.74) is 1.25. The number of carbonyl (C=O) groups is 1. The number of carbonyl (C=O) groups excluding carboxylic acids is 1. The zero-order valence-electron chi connectivity index (χ0n) is 14.2. The van der Waals surface area contributed by atoms with Crippen molar-refractivity contribution in [1.82, 2.24) is 15.3 Å². The number of amides is 1. The van der Waals surface area contributed by atoms with Gasteiger partial charge in [-0.05, 0) is 31.9 Å². The van der Waals surface area contributed by atoms with Gasteiger partial charge in [-0.3, -0.25) is 4.79 Å². The second-order valence-corrected chi connectivity index (χ2v) is 6.05. The van der Waals surface area contributed by atoms with Crippen LogP contribution in [0.25, 0.3) is 6.08 Å². The molecule has 1 aromatic heterocycles. The summed E-state index contributed by atoms with van der Waals surface area (Å²) in [4.78, 5) is 23.1. The maximum atomic E-state index is 13.5. The molecule has 0 spiro atoms. The summed E-state index contributed by atoms with van der Waals surface area (Å²) in [7, 11) is 0. The molecule has 3 rings (SSSR count). The zero-order valence-corrected chi connectivity index (χ0v) is 14.2. The van der Waals surface area contributed by atoms with E-state index in [9.17, 15) is 9.18 Å². The van der Waals surface area contributed by atoms with Crippen molar-refractivity contribution in [2.24, 2.45) is 0 Å². The third-order valence-electron chi connectivity index (χ3n) is 4.06. The van der Waals surface area contributed by atoms with Gasteiger partial charge in [0.25, 0.3) is 0 Å². The van der Waals surface area contributed by atoms with Crippen LogP contribution in [-0.2, 0) is 11.3 Å². The second kappa shape index (κ2) is 7.88. The van der Waals surface area contributed by atoms with Gasteiger partial charge in [0.05, 0.1) is 6.54 Å². The molecule has 1 N–H and O–H groups in total. The number of nitrogens with one attached hydrogen (secondary N) is 1. The number of nitrogens with zero attached hydrogens (tertiary/aromatic N) is 3. The fourth-order valence-corrected chi connectivity index (χ4v) is 2.80. The Hall–Kier alpha value is -2.76. The van der Waals surface area contributed by atoms with Crippen molar-refractivity contribution in [1.29, 1.82) is 0 Å². The van der Waals surface area contributed by atoms with Crippen molar-refractivity contribution in [3.05, 3.63) is 59.3 Å². The van der Waals surface area contributed by atoms with Crippen LogP contribution < -0.4 is 10.2 Å². The fourth-order valence-electron chi connectivity index (χ4n) is 2.80. The molecule has 6 heteroatoms. The van der Waals surface area contributed by atoms with E-state index in [0.29, 0.717) is 11.4 Å². The highest BCUT2D eigenvalue weighted by Crippen LogP contribution is 2.18. The van der Waals surface area contributed by atoms with Crippen molar-refractivity contribution in [3.8, 4) is 0 Å². The Kier molecular flexibility index (Phi) is 5.38. The van der Waals surface area contributed by atoms with E-state index in [4.69, 9.17) is 0 Å². The van der Waals surface area contributed by atoms with E-state index in [1.807, 2.05) is 13.0 Å². The average molecular weight is 340 g/mol. The monoisotopic (exact) mass is 340 g/mol. The molecule has 25 heavy (non-hydrogen) atoms. The van der Waals surface area contributed by atoms with Gasteiger partial charge in [0.15, 0.2) is 0 Å². The third-order valence-corrected chi connectivity index (χ3v) is 4.06. The van der Waals surface area contributed by atoms with E-state index in [-0.39, 0.29) is 18.3 Å². The first-order valence-corrected chi connectivity index (χ1v) is 8.42. The lowest BCUT2D eigenvalue weighted by atomic mass is 10.2. The minimum Gasteiger partial charge on any atom is -0.357 e. The smallest absolute Gasteiger partial charge is 0.244 e. The van der Waals surface area contributed by atoms with E-state index in [1.54, 1.807) is 18.2 Å². The van der Waals surface area contributed by atoms with Gasteiger partial charge < -0.3 is 10.2 Å². The van der Waals surface area contributed by atoms with Gasteiger partial charge in [0.2, 0.25) is 5.91 Å². The van der Waals surface area contributed by atoms with Crippen LogP contribution in [-0.4, -0.2) is 29.0 Å². The summed E-state index contributed by atoms with van der Waals surface area (Å²) >= 11 is 0. The van der Waals surface area contributed by atoms with E-state index in [1.165, 1.54) is 31.1 Å². The van der Waals surface area contributed by atoms with Gasteiger partial charge in [-0.15, -0.1) is 0 Å². The molecule has 0 atom stereocenters. The summed E-state index contributed by atoms with van der Waals surface area (Å²) in [6.07, 6.45) is 5.12. The van der Waals surface area contributed by atoms with Crippen LogP contribution in [0, 0.1) is 12.7 Å². The SMILES string of the molecule is Cc1cc(N2CCCC2)nc(CNC(=O)/C=C/c2ccccc2F)n1. The first-order valence-electron chi connectivity index (χ1n) is 8.42. The summed E-state index contributed by atoms with van der Waals surface area (Å²) in [6, 6.07) is 8.28. The molecule has 0 radical (unpaired) electrons. The van der Waals surface area contributed by atoms with E-state index >= 15 is 0 Å². The Bertz CT molecular complexity index is 785. The largest absolute Gasteiger partial charge is 0.357 e. The first kappa shape index (κ1) is 17.1. The molecule has 2 aromatic rings. The number of rotatable bonds is 5. The lowest BCUT2D eigenvalue weighted by Gasteiger charge is -2.17. The van der Waals surface area contributed by atoms with E-state index in [2.05, 4.69) is 20.2 Å². The zero-order chi connectivity index (χ0) is 17.6. The molecule has 5 nitrogen and oxygen atoms in total. The molecule has 1 aliphatic heterocycles. The molecule has 1 fully saturated rings. The minimum absolute atomic E-state index is 0.239. The van der Waals surface area contributed by atoms with Gasteiger partial charge in [-0.1, -0.05) is 18.2 Å². The molecular formula is C19H21FN4O. The number of hydrogen-bond acceptors (Lipinski definition) is 4. The predicted octanol–water partition coefficient (Wildman–Crippen LogP) is 2.85. The molecule has 1 aromatic carbocycles. The normalized spacial score (nSPS) is 14.2. The quantitative estimate of drug-likeness (QED) is 0.851. The molecule has 0 saturated carbocycles. The lowest BCUT2D eigenvalue weighted by molar-refractivity contribution is -0.116. The van der Waals surface area contributed by atoms with Crippen LogP contribution in [0.5, 0.6) is 0 Å². The number of hydrogen-bond donors (Lipinski definition) is 1. The first-order chi connectivity index (χ1) is 12.1. The van der Waals surface area contributed by atoms with Crippen LogP contribution in [0.3, 0.4) is 0 Å². The Morgan fingerprint density at radius 1 is 1.28 bits per heavy atom. The average Bonchev–Trinajstić information content (AvgIpc) is 3.13. The van der Waals surface area contributed by atoms with Gasteiger partial charge in [0.1, 0.15) is 17.5 Å². The Balaban J connectivity index is 1.61. The highest BCUT2D eigenvalue weighted by atomic mass is 19.1. The molecule has 0 bridgehead atoms. The maximum absolute atomic E-state index is 13.5. The predicted molar refractivity (Wildman–Crippen MR) is 95.5 cm³/mol. The van der Waals surface area contributed by atoms with Gasteiger partial charge >= 0.3 is 0 Å². The van der Waals surface area contributed by atoms with Gasteiger partial charge in [-0.2, -0.15) is 0 Å². The van der Waals surface area contributed by atoms with Crippen LogP contribution in [0.2, 0.25) is 0 Å². The highest BCUT2D eigenvalue weighted by Gasteiger charge is 2.15. The molecule has 1 amide bonds. The number of anilines is 1. The van der Waals surface area contributed by atoms with Crippen LogP contribution in [0.15, 0.2) is 36.4 Å². The third kappa shape index (κ3) is 4.62. The van der Waals surface area contributed by atoms with Gasteiger partial charge in [-0.25, -0.2) is 14.4 Å². The maximum Gasteiger partial charge on any atom is 0.244 e. The highest BCUT2D eigenvalue weighted by molar-refractivity contribution is 5.91.